The van der Waals surface area contributed by atoms with Crippen molar-refractivity contribution in [1.29, 1.82) is 0 Å². The average Bonchev–Trinajstić information content (AvgIpc) is 2.86. The molecule has 196 valence electrons. The Labute approximate surface area is 216 Å². The topological polar surface area (TPSA) is 73.8 Å². The molecule has 0 bridgehead atoms. The van der Waals surface area contributed by atoms with Crippen LogP contribution in [0.25, 0.3) is 0 Å². The van der Waals surface area contributed by atoms with E-state index in [0.29, 0.717) is 24.8 Å². The Hall–Kier alpha value is -2.57. The van der Waals surface area contributed by atoms with Gasteiger partial charge >= 0.3 is 0 Å². The van der Waals surface area contributed by atoms with E-state index >= 15 is 0 Å². The summed E-state index contributed by atoms with van der Waals surface area (Å²) in [5.41, 5.74) is 2.95. The summed E-state index contributed by atoms with van der Waals surface area (Å²) >= 11 is 0. The summed E-state index contributed by atoms with van der Waals surface area (Å²) in [5, 5.41) is 16.6. The van der Waals surface area contributed by atoms with Crippen LogP contribution in [0.5, 0.6) is 11.5 Å². The van der Waals surface area contributed by atoms with Gasteiger partial charge in [-0.15, -0.1) is 0 Å². The molecule has 2 aliphatic rings. The molecule has 1 fully saturated rings. The highest BCUT2D eigenvalue weighted by Gasteiger charge is 2.41. The normalized spacial score (nSPS) is 27.4. The predicted octanol–water partition coefficient (Wildman–Crippen LogP) is 4.25. The highest BCUT2D eigenvalue weighted by atomic mass is 16.5. The molecule has 4 rings (SSSR count). The zero-order valence-electron chi connectivity index (χ0n) is 22.7. The molecule has 36 heavy (non-hydrogen) atoms. The van der Waals surface area contributed by atoms with Crippen molar-refractivity contribution in [3.63, 3.8) is 0 Å². The predicted molar refractivity (Wildman–Crippen MR) is 144 cm³/mol. The van der Waals surface area contributed by atoms with Gasteiger partial charge in [0, 0.05) is 25.7 Å². The van der Waals surface area contributed by atoms with E-state index < -0.39 is 5.54 Å². The lowest BCUT2D eigenvalue weighted by molar-refractivity contribution is -0.128. The zero-order valence-corrected chi connectivity index (χ0v) is 22.7. The molecule has 0 aromatic heterocycles. The van der Waals surface area contributed by atoms with Gasteiger partial charge in [0.1, 0.15) is 11.5 Å². The van der Waals surface area contributed by atoms with Gasteiger partial charge < -0.3 is 20.1 Å². The minimum absolute atomic E-state index is 0.0474. The second kappa shape index (κ2) is 10.4. The SMILES string of the molecule is COc1cccc([C@]2(C)CCN(C[C@@H](NC(=O)[C@@]3(C)Cc4ccc(O)cc4CN3)C(C)C)C[C@@H]2C)c1. The number of carbonyl (C=O) groups is 1. The van der Waals surface area contributed by atoms with E-state index in [1.165, 1.54) is 5.56 Å². The molecule has 3 N–H and O–H groups in total. The summed E-state index contributed by atoms with van der Waals surface area (Å²) in [6, 6.07) is 14.0. The number of aromatic hydroxyl groups is 1. The number of hydrogen-bond donors (Lipinski definition) is 3. The molecule has 0 saturated carbocycles. The molecule has 2 aromatic rings. The van der Waals surface area contributed by atoms with E-state index in [4.69, 9.17) is 4.74 Å². The number of methoxy groups -OCH3 is 1. The van der Waals surface area contributed by atoms with Gasteiger partial charge in [0.2, 0.25) is 5.91 Å². The van der Waals surface area contributed by atoms with Gasteiger partial charge in [-0.05, 0) is 84.5 Å². The molecule has 0 spiro atoms. The van der Waals surface area contributed by atoms with Crippen LogP contribution in [0.3, 0.4) is 0 Å². The van der Waals surface area contributed by atoms with Gasteiger partial charge in [0.05, 0.1) is 12.6 Å². The molecule has 0 unspecified atom stereocenters. The lowest BCUT2D eigenvalue weighted by Crippen LogP contribution is -2.61. The maximum Gasteiger partial charge on any atom is 0.240 e. The fraction of sp³-hybridized carbons (Fsp3) is 0.567. The van der Waals surface area contributed by atoms with Gasteiger partial charge in [-0.3, -0.25) is 10.1 Å². The highest BCUT2D eigenvalue weighted by molar-refractivity contribution is 5.87. The summed E-state index contributed by atoms with van der Waals surface area (Å²) in [7, 11) is 1.72. The maximum atomic E-state index is 13.5. The van der Waals surface area contributed by atoms with Crippen LogP contribution in [-0.4, -0.2) is 54.2 Å². The van der Waals surface area contributed by atoms with E-state index in [1.807, 2.05) is 19.1 Å². The smallest absolute Gasteiger partial charge is 0.240 e. The minimum Gasteiger partial charge on any atom is -0.508 e. The number of hydrogen-bond acceptors (Lipinski definition) is 5. The number of rotatable bonds is 7. The van der Waals surface area contributed by atoms with Crippen molar-refractivity contribution in [3.05, 3.63) is 59.2 Å². The Morgan fingerprint density at radius 1 is 1.22 bits per heavy atom. The summed E-state index contributed by atoms with van der Waals surface area (Å²) in [6.07, 6.45) is 1.68. The lowest BCUT2D eigenvalue weighted by atomic mass is 9.68. The van der Waals surface area contributed by atoms with E-state index in [1.54, 1.807) is 19.2 Å². The molecule has 2 aliphatic heterocycles. The first-order valence-corrected chi connectivity index (χ1v) is 13.3. The number of nitrogens with one attached hydrogen (secondary N) is 2. The Balaban J connectivity index is 1.40. The van der Waals surface area contributed by atoms with Crippen molar-refractivity contribution in [1.82, 2.24) is 15.5 Å². The molecule has 6 nitrogen and oxygen atoms in total. The molecule has 1 amide bonds. The Kier molecular flexibility index (Phi) is 7.67. The molecule has 0 radical (unpaired) electrons. The summed E-state index contributed by atoms with van der Waals surface area (Å²) in [4.78, 5) is 16.0. The molecular weight excluding hydrogens is 450 g/mol. The van der Waals surface area contributed by atoms with Crippen LogP contribution in [0, 0.1) is 11.8 Å². The van der Waals surface area contributed by atoms with Crippen LogP contribution < -0.4 is 15.4 Å². The van der Waals surface area contributed by atoms with Gasteiger partial charge in [-0.2, -0.15) is 0 Å². The molecular formula is C30H43N3O3. The summed E-state index contributed by atoms with van der Waals surface area (Å²) < 4.78 is 5.48. The van der Waals surface area contributed by atoms with Gasteiger partial charge in [-0.1, -0.05) is 45.9 Å². The largest absolute Gasteiger partial charge is 0.508 e. The first kappa shape index (κ1) is 26.5. The number of benzene rings is 2. The third-order valence-electron chi connectivity index (χ3n) is 8.78. The third-order valence-corrected chi connectivity index (χ3v) is 8.78. The van der Waals surface area contributed by atoms with E-state index in [9.17, 15) is 9.90 Å². The van der Waals surface area contributed by atoms with E-state index in [2.05, 4.69) is 61.4 Å². The van der Waals surface area contributed by atoms with E-state index in [0.717, 1.165) is 42.9 Å². The zero-order chi connectivity index (χ0) is 26.1. The standard InChI is InChI=1S/C30H43N3O3/c1-20(2)27(32-28(35)30(5)16-22-10-11-25(34)14-23(22)17-31-30)19-33-13-12-29(4,21(3)18-33)24-8-7-9-26(15-24)36-6/h7-11,14-15,20-21,27,31,34H,12-13,16-19H2,1-6H3,(H,32,35)/t21-,27+,29+,30+/m0/s1. The molecule has 2 aromatic carbocycles. The van der Waals surface area contributed by atoms with Crippen LogP contribution in [0.4, 0.5) is 0 Å². The van der Waals surface area contributed by atoms with Crippen molar-refractivity contribution in [2.24, 2.45) is 11.8 Å². The Morgan fingerprint density at radius 3 is 2.69 bits per heavy atom. The molecule has 1 saturated heterocycles. The van der Waals surface area contributed by atoms with Gasteiger partial charge in [-0.25, -0.2) is 0 Å². The van der Waals surface area contributed by atoms with Crippen LogP contribution in [0.2, 0.25) is 0 Å². The average molecular weight is 494 g/mol. The highest BCUT2D eigenvalue weighted by Crippen LogP contribution is 2.40. The number of ether oxygens (including phenoxy) is 1. The van der Waals surface area contributed by atoms with Crippen LogP contribution in [-0.2, 0) is 23.2 Å². The van der Waals surface area contributed by atoms with Crippen LogP contribution in [0.1, 0.15) is 57.7 Å². The fourth-order valence-electron chi connectivity index (χ4n) is 5.76. The fourth-order valence-corrected chi connectivity index (χ4v) is 5.76. The third kappa shape index (κ3) is 5.40. The molecule has 2 heterocycles. The number of phenolic OH excluding ortho intramolecular Hbond substituents is 1. The van der Waals surface area contributed by atoms with Crippen molar-refractivity contribution in [2.45, 2.75) is 71.0 Å². The van der Waals surface area contributed by atoms with Crippen molar-refractivity contribution in [2.75, 3.05) is 26.7 Å². The van der Waals surface area contributed by atoms with Crippen molar-refractivity contribution in [3.8, 4) is 11.5 Å². The molecule has 0 aliphatic carbocycles. The Morgan fingerprint density at radius 2 is 2.00 bits per heavy atom. The molecule has 4 atom stereocenters. The quantitative estimate of drug-likeness (QED) is 0.538. The van der Waals surface area contributed by atoms with Crippen LogP contribution in [0.15, 0.2) is 42.5 Å². The first-order valence-electron chi connectivity index (χ1n) is 13.3. The number of carbonyl (C=O) groups excluding carboxylic acids is 1. The number of fused-ring (bicyclic) bond motifs is 1. The number of amides is 1. The maximum absolute atomic E-state index is 13.5. The summed E-state index contributed by atoms with van der Waals surface area (Å²) in [6.45, 7) is 14.5. The van der Waals surface area contributed by atoms with Gasteiger partial charge in [0.15, 0.2) is 0 Å². The second-order valence-electron chi connectivity index (χ2n) is 11.7. The number of piperidine rings is 1. The number of nitrogens with zero attached hydrogens (tertiary/aromatic N) is 1. The number of likely N-dealkylation sites (tertiary alicyclic amines) is 1. The van der Waals surface area contributed by atoms with Crippen molar-refractivity contribution >= 4 is 5.91 Å². The molecule has 6 heteroatoms. The first-order chi connectivity index (χ1) is 17.0. The lowest BCUT2D eigenvalue weighted by Gasteiger charge is -2.46. The minimum atomic E-state index is -0.669. The number of phenols is 1. The summed E-state index contributed by atoms with van der Waals surface area (Å²) in [5.74, 6) is 2.03. The van der Waals surface area contributed by atoms with Crippen LogP contribution >= 0.6 is 0 Å². The monoisotopic (exact) mass is 493 g/mol. The van der Waals surface area contributed by atoms with Gasteiger partial charge in [0.25, 0.3) is 0 Å². The van der Waals surface area contributed by atoms with Crippen molar-refractivity contribution < 1.29 is 14.6 Å². The van der Waals surface area contributed by atoms with E-state index in [-0.39, 0.29) is 23.1 Å². The Bertz CT molecular complexity index is 1090. The second-order valence-corrected chi connectivity index (χ2v) is 11.7.